The Labute approximate surface area is 171 Å². The van der Waals surface area contributed by atoms with Crippen LogP contribution in [-0.2, 0) is 13.1 Å². The van der Waals surface area contributed by atoms with Crippen molar-refractivity contribution in [3.8, 4) is 5.82 Å². The van der Waals surface area contributed by atoms with Gasteiger partial charge in [-0.05, 0) is 31.5 Å². The lowest BCUT2D eigenvalue weighted by Crippen LogP contribution is -2.47. The van der Waals surface area contributed by atoms with E-state index >= 15 is 0 Å². The minimum Gasteiger partial charge on any atom is -0.299 e. The number of piperazine rings is 1. The van der Waals surface area contributed by atoms with Crippen molar-refractivity contribution in [2.24, 2.45) is 0 Å². The topological polar surface area (TPSA) is 59.2 Å². The molecule has 0 unspecified atom stereocenters. The Balaban J connectivity index is 1.33. The van der Waals surface area contributed by atoms with Crippen LogP contribution in [0.3, 0.4) is 0 Å². The maximum Gasteiger partial charge on any atom is 0.266 e. The van der Waals surface area contributed by atoms with Gasteiger partial charge in [-0.3, -0.25) is 14.6 Å². The van der Waals surface area contributed by atoms with Gasteiger partial charge in [-0.1, -0.05) is 30.3 Å². The maximum atomic E-state index is 12.3. The first kappa shape index (κ1) is 19.5. The van der Waals surface area contributed by atoms with Gasteiger partial charge < -0.3 is 0 Å². The van der Waals surface area contributed by atoms with Gasteiger partial charge in [0.2, 0.25) is 0 Å². The molecule has 7 nitrogen and oxygen atoms in total. The van der Waals surface area contributed by atoms with E-state index in [1.165, 1.54) is 5.56 Å². The number of rotatable bonds is 6. The minimum atomic E-state index is -0.0713. The summed E-state index contributed by atoms with van der Waals surface area (Å²) in [4.78, 5) is 17.2. The summed E-state index contributed by atoms with van der Waals surface area (Å²) >= 11 is 0. The summed E-state index contributed by atoms with van der Waals surface area (Å²) in [5.74, 6) is 0.683. The zero-order valence-electron chi connectivity index (χ0n) is 17.2. The van der Waals surface area contributed by atoms with Crippen molar-refractivity contribution in [3.05, 3.63) is 75.8 Å². The Morgan fingerprint density at radius 2 is 1.59 bits per heavy atom. The average Bonchev–Trinajstić information content (AvgIpc) is 3.07. The van der Waals surface area contributed by atoms with Crippen molar-refractivity contribution >= 4 is 0 Å². The van der Waals surface area contributed by atoms with Crippen LogP contribution in [0, 0.1) is 13.8 Å². The molecule has 0 bridgehead atoms. The van der Waals surface area contributed by atoms with Crippen molar-refractivity contribution in [2.45, 2.75) is 26.9 Å². The Bertz CT molecular complexity index is 1000. The molecule has 0 amide bonds. The second kappa shape index (κ2) is 8.71. The summed E-state index contributed by atoms with van der Waals surface area (Å²) < 4.78 is 3.34. The molecule has 0 N–H and O–H groups in total. The molecule has 3 heterocycles. The lowest BCUT2D eigenvalue weighted by atomic mass is 10.2. The standard InChI is InChI=1S/C22H28N6O/c1-18-16-19(2)28(23-18)21-8-9-22(29)27(24-21)15-14-25-10-12-26(13-11-25)17-20-6-4-3-5-7-20/h3-9,16H,10-15,17H2,1-2H3. The molecule has 29 heavy (non-hydrogen) atoms. The molecule has 1 saturated heterocycles. The first-order valence-corrected chi connectivity index (χ1v) is 10.2. The van der Waals surface area contributed by atoms with E-state index in [1.54, 1.807) is 21.5 Å². The molecule has 1 aliphatic rings. The van der Waals surface area contributed by atoms with Gasteiger partial charge in [0.05, 0.1) is 12.2 Å². The molecule has 0 aliphatic carbocycles. The van der Waals surface area contributed by atoms with Gasteiger partial charge in [0.1, 0.15) is 0 Å². The van der Waals surface area contributed by atoms with Crippen molar-refractivity contribution in [1.82, 2.24) is 29.4 Å². The number of benzene rings is 1. The molecule has 152 valence electrons. The summed E-state index contributed by atoms with van der Waals surface area (Å²) in [7, 11) is 0. The largest absolute Gasteiger partial charge is 0.299 e. The molecule has 0 saturated carbocycles. The smallest absolute Gasteiger partial charge is 0.266 e. The fourth-order valence-corrected chi connectivity index (χ4v) is 3.82. The molecule has 4 rings (SSSR count). The third-order valence-electron chi connectivity index (χ3n) is 5.42. The third kappa shape index (κ3) is 4.81. The summed E-state index contributed by atoms with van der Waals surface area (Å²) in [5.41, 5.74) is 3.24. The SMILES string of the molecule is Cc1cc(C)n(-c2ccc(=O)n(CCN3CCN(Cc4ccccc4)CC3)n2)n1. The van der Waals surface area contributed by atoms with Crippen LogP contribution in [0.15, 0.2) is 53.3 Å². The van der Waals surface area contributed by atoms with Gasteiger partial charge in [-0.2, -0.15) is 5.10 Å². The van der Waals surface area contributed by atoms with Gasteiger partial charge in [0.15, 0.2) is 5.82 Å². The predicted octanol–water partition coefficient (Wildman–Crippen LogP) is 1.86. The summed E-state index contributed by atoms with van der Waals surface area (Å²) in [6, 6.07) is 15.9. The first-order valence-electron chi connectivity index (χ1n) is 10.2. The fraction of sp³-hybridized carbons (Fsp3) is 0.409. The number of hydrogen-bond acceptors (Lipinski definition) is 5. The van der Waals surface area contributed by atoms with E-state index in [4.69, 9.17) is 0 Å². The molecule has 0 atom stereocenters. The Morgan fingerprint density at radius 3 is 2.28 bits per heavy atom. The fourth-order valence-electron chi connectivity index (χ4n) is 3.82. The highest BCUT2D eigenvalue weighted by Crippen LogP contribution is 2.09. The van der Waals surface area contributed by atoms with Gasteiger partial charge >= 0.3 is 0 Å². The van der Waals surface area contributed by atoms with Gasteiger partial charge in [0, 0.05) is 51.0 Å². The number of aryl methyl sites for hydroxylation is 2. The monoisotopic (exact) mass is 392 g/mol. The second-order valence-corrected chi connectivity index (χ2v) is 7.70. The van der Waals surface area contributed by atoms with E-state index in [9.17, 15) is 4.79 Å². The zero-order valence-corrected chi connectivity index (χ0v) is 17.2. The van der Waals surface area contributed by atoms with Gasteiger partial charge in [-0.25, -0.2) is 9.36 Å². The maximum absolute atomic E-state index is 12.3. The highest BCUT2D eigenvalue weighted by molar-refractivity contribution is 5.23. The molecule has 1 fully saturated rings. The van der Waals surface area contributed by atoms with E-state index in [-0.39, 0.29) is 5.56 Å². The highest BCUT2D eigenvalue weighted by atomic mass is 16.1. The lowest BCUT2D eigenvalue weighted by Gasteiger charge is -2.34. The summed E-state index contributed by atoms with van der Waals surface area (Å²) in [6.45, 7) is 10.5. The molecular weight excluding hydrogens is 364 g/mol. The molecule has 7 heteroatoms. The van der Waals surface area contributed by atoms with Crippen LogP contribution in [-0.4, -0.2) is 62.1 Å². The molecule has 0 radical (unpaired) electrons. The van der Waals surface area contributed by atoms with Crippen molar-refractivity contribution < 1.29 is 0 Å². The second-order valence-electron chi connectivity index (χ2n) is 7.70. The van der Waals surface area contributed by atoms with Gasteiger partial charge in [0.25, 0.3) is 5.56 Å². The van der Waals surface area contributed by atoms with E-state index in [2.05, 4.69) is 50.3 Å². The Kier molecular flexibility index (Phi) is 5.87. The third-order valence-corrected chi connectivity index (χ3v) is 5.42. The number of aromatic nitrogens is 4. The predicted molar refractivity (Wildman–Crippen MR) is 113 cm³/mol. The van der Waals surface area contributed by atoms with Crippen LogP contribution in [0.25, 0.3) is 5.82 Å². The van der Waals surface area contributed by atoms with Gasteiger partial charge in [-0.15, -0.1) is 5.10 Å². The van der Waals surface area contributed by atoms with E-state index in [0.717, 1.165) is 50.7 Å². The van der Waals surface area contributed by atoms with E-state index in [0.29, 0.717) is 12.4 Å². The van der Waals surface area contributed by atoms with Crippen LogP contribution in [0.4, 0.5) is 0 Å². The van der Waals surface area contributed by atoms with E-state index in [1.807, 2.05) is 19.9 Å². The number of hydrogen-bond donors (Lipinski definition) is 0. The highest BCUT2D eigenvalue weighted by Gasteiger charge is 2.17. The normalized spacial score (nSPS) is 15.7. The minimum absolute atomic E-state index is 0.0713. The molecule has 1 aromatic carbocycles. The summed E-state index contributed by atoms with van der Waals surface area (Å²) in [6.07, 6.45) is 0. The molecule has 2 aromatic heterocycles. The molecule has 3 aromatic rings. The van der Waals surface area contributed by atoms with Crippen LogP contribution in [0.1, 0.15) is 17.0 Å². The average molecular weight is 393 g/mol. The van der Waals surface area contributed by atoms with Crippen LogP contribution >= 0.6 is 0 Å². The van der Waals surface area contributed by atoms with Crippen molar-refractivity contribution in [3.63, 3.8) is 0 Å². The Morgan fingerprint density at radius 1 is 0.862 bits per heavy atom. The first-order chi connectivity index (χ1) is 14.1. The molecule has 0 spiro atoms. The van der Waals surface area contributed by atoms with Crippen LogP contribution in [0.2, 0.25) is 0 Å². The zero-order chi connectivity index (χ0) is 20.2. The molecular formula is C22H28N6O. The summed E-state index contributed by atoms with van der Waals surface area (Å²) in [5, 5.41) is 9.01. The molecule has 1 aliphatic heterocycles. The quantitative estimate of drug-likeness (QED) is 0.641. The van der Waals surface area contributed by atoms with Crippen LogP contribution < -0.4 is 5.56 Å². The van der Waals surface area contributed by atoms with Crippen LogP contribution in [0.5, 0.6) is 0 Å². The lowest BCUT2D eigenvalue weighted by molar-refractivity contribution is 0.122. The van der Waals surface area contributed by atoms with E-state index < -0.39 is 0 Å². The number of nitrogens with zero attached hydrogens (tertiary/aromatic N) is 6. The van der Waals surface area contributed by atoms with Crippen molar-refractivity contribution in [2.75, 3.05) is 32.7 Å². The van der Waals surface area contributed by atoms with Crippen molar-refractivity contribution in [1.29, 1.82) is 0 Å². The Hall–Kier alpha value is -2.77.